The lowest BCUT2D eigenvalue weighted by molar-refractivity contribution is 0.0712. The van der Waals surface area contributed by atoms with Crippen molar-refractivity contribution in [2.75, 3.05) is 12.3 Å². The lowest BCUT2D eigenvalue weighted by Gasteiger charge is -2.24. The number of fused-ring (bicyclic) bond motifs is 1. The minimum atomic E-state index is 0.0299. The van der Waals surface area contributed by atoms with Crippen LogP contribution < -0.4 is 5.73 Å². The molecular formula is C14H19N3O. The third-order valence-corrected chi connectivity index (χ3v) is 3.10. The molecule has 0 bridgehead atoms. The maximum atomic E-state index is 12.3. The summed E-state index contributed by atoms with van der Waals surface area (Å²) in [6.07, 6.45) is 0. The predicted molar refractivity (Wildman–Crippen MR) is 74.6 cm³/mol. The summed E-state index contributed by atoms with van der Waals surface area (Å²) in [4.78, 5) is 17.3. The van der Waals surface area contributed by atoms with Crippen molar-refractivity contribution in [1.82, 2.24) is 9.88 Å². The van der Waals surface area contributed by atoms with E-state index >= 15 is 0 Å². The number of aromatic nitrogens is 1. The molecule has 0 unspecified atom stereocenters. The van der Waals surface area contributed by atoms with Gasteiger partial charge >= 0.3 is 0 Å². The highest BCUT2D eigenvalue weighted by Gasteiger charge is 2.18. The Hall–Kier alpha value is -1.97. The number of anilines is 1. The van der Waals surface area contributed by atoms with Crippen LogP contribution >= 0.6 is 0 Å². The fourth-order valence-corrected chi connectivity index (χ4v) is 2.16. The van der Waals surface area contributed by atoms with Crippen LogP contribution in [0.3, 0.4) is 0 Å². The maximum absolute atomic E-state index is 12.3. The van der Waals surface area contributed by atoms with Crippen molar-refractivity contribution in [3.05, 3.63) is 30.0 Å². The van der Waals surface area contributed by atoms with Gasteiger partial charge in [0.25, 0.3) is 5.91 Å². The van der Waals surface area contributed by atoms with E-state index in [1.807, 2.05) is 49.9 Å². The number of hydrogen-bond donors (Lipinski definition) is 2. The SMILES string of the molecule is CCN(C(=O)c1cc2cc(N)ccc2[nH]1)C(C)C. The first-order valence-corrected chi connectivity index (χ1v) is 6.22. The summed E-state index contributed by atoms with van der Waals surface area (Å²) in [5.41, 5.74) is 7.99. The second kappa shape index (κ2) is 4.72. The van der Waals surface area contributed by atoms with Crippen molar-refractivity contribution in [3.8, 4) is 0 Å². The molecule has 0 spiro atoms. The highest BCUT2D eigenvalue weighted by Crippen LogP contribution is 2.19. The topological polar surface area (TPSA) is 62.1 Å². The molecule has 0 fully saturated rings. The first-order valence-electron chi connectivity index (χ1n) is 6.22. The molecule has 0 radical (unpaired) electrons. The molecule has 18 heavy (non-hydrogen) atoms. The van der Waals surface area contributed by atoms with E-state index in [4.69, 9.17) is 5.73 Å². The molecular weight excluding hydrogens is 226 g/mol. The monoisotopic (exact) mass is 245 g/mol. The Morgan fingerprint density at radius 1 is 1.39 bits per heavy atom. The lowest BCUT2D eigenvalue weighted by atomic mass is 10.2. The molecule has 0 aliphatic carbocycles. The number of nitrogens with zero attached hydrogens (tertiary/aromatic N) is 1. The Labute approximate surface area is 107 Å². The van der Waals surface area contributed by atoms with E-state index < -0.39 is 0 Å². The van der Waals surface area contributed by atoms with E-state index in [0.717, 1.165) is 10.9 Å². The van der Waals surface area contributed by atoms with Crippen LogP contribution in [0.5, 0.6) is 0 Å². The van der Waals surface area contributed by atoms with Crippen molar-refractivity contribution >= 4 is 22.5 Å². The third kappa shape index (κ3) is 2.18. The predicted octanol–water partition coefficient (Wildman–Crippen LogP) is 2.62. The van der Waals surface area contributed by atoms with Crippen LogP contribution in [0.4, 0.5) is 5.69 Å². The number of benzene rings is 1. The number of H-pyrrole nitrogens is 1. The number of nitrogens with one attached hydrogen (secondary N) is 1. The molecule has 4 nitrogen and oxygen atoms in total. The number of aromatic amines is 1. The van der Waals surface area contributed by atoms with Crippen LogP contribution in [-0.2, 0) is 0 Å². The molecule has 4 heteroatoms. The van der Waals surface area contributed by atoms with Crippen molar-refractivity contribution in [2.24, 2.45) is 0 Å². The van der Waals surface area contributed by atoms with Gasteiger partial charge in [0.15, 0.2) is 0 Å². The summed E-state index contributed by atoms with van der Waals surface area (Å²) < 4.78 is 0. The number of hydrogen-bond acceptors (Lipinski definition) is 2. The summed E-state index contributed by atoms with van der Waals surface area (Å²) in [5.74, 6) is 0.0299. The van der Waals surface area contributed by atoms with Gasteiger partial charge in [-0.05, 0) is 45.0 Å². The third-order valence-electron chi connectivity index (χ3n) is 3.10. The maximum Gasteiger partial charge on any atom is 0.270 e. The van der Waals surface area contributed by atoms with E-state index in [1.165, 1.54) is 0 Å². The first-order chi connectivity index (χ1) is 8.52. The van der Waals surface area contributed by atoms with Crippen LogP contribution in [0.15, 0.2) is 24.3 Å². The van der Waals surface area contributed by atoms with Gasteiger partial charge in [0, 0.05) is 29.2 Å². The van der Waals surface area contributed by atoms with E-state index in [0.29, 0.717) is 17.9 Å². The van der Waals surface area contributed by atoms with E-state index in [2.05, 4.69) is 4.98 Å². The summed E-state index contributed by atoms with van der Waals surface area (Å²) in [7, 11) is 0. The zero-order valence-corrected chi connectivity index (χ0v) is 11.0. The molecule has 1 aromatic heterocycles. The summed E-state index contributed by atoms with van der Waals surface area (Å²) in [6, 6.07) is 7.65. The highest BCUT2D eigenvalue weighted by molar-refractivity contribution is 5.98. The molecule has 1 amide bonds. The molecule has 2 aromatic rings. The minimum absolute atomic E-state index is 0.0299. The largest absolute Gasteiger partial charge is 0.399 e. The molecule has 1 aromatic carbocycles. The average Bonchev–Trinajstić information content (AvgIpc) is 2.72. The zero-order valence-electron chi connectivity index (χ0n) is 11.0. The van der Waals surface area contributed by atoms with Gasteiger partial charge < -0.3 is 15.6 Å². The number of amides is 1. The smallest absolute Gasteiger partial charge is 0.270 e. The molecule has 3 N–H and O–H groups in total. The Bertz CT molecular complexity index is 571. The van der Waals surface area contributed by atoms with Gasteiger partial charge in [-0.1, -0.05) is 0 Å². The summed E-state index contributed by atoms with van der Waals surface area (Å²) >= 11 is 0. The number of nitrogens with two attached hydrogens (primary N) is 1. The van der Waals surface area contributed by atoms with Crippen molar-refractivity contribution in [3.63, 3.8) is 0 Å². The normalized spacial score (nSPS) is 11.1. The van der Waals surface area contributed by atoms with E-state index in [9.17, 15) is 4.79 Å². The van der Waals surface area contributed by atoms with Crippen LogP contribution in [0.25, 0.3) is 10.9 Å². The van der Waals surface area contributed by atoms with Crippen LogP contribution in [0.2, 0.25) is 0 Å². The molecule has 0 atom stereocenters. The van der Waals surface area contributed by atoms with Gasteiger partial charge in [0.2, 0.25) is 0 Å². The summed E-state index contributed by atoms with van der Waals surface area (Å²) in [5, 5.41) is 0.971. The lowest BCUT2D eigenvalue weighted by Crippen LogP contribution is -2.36. The van der Waals surface area contributed by atoms with E-state index in [-0.39, 0.29) is 11.9 Å². The molecule has 2 rings (SSSR count). The van der Waals surface area contributed by atoms with Gasteiger partial charge in [-0.2, -0.15) is 0 Å². The van der Waals surface area contributed by atoms with Crippen molar-refractivity contribution < 1.29 is 4.79 Å². The first kappa shape index (κ1) is 12.5. The number of carbonyl (C=O) groups is 1. The Balaban J connectivity index is 2.39. The quantitative estimate of drug-likeness (QED) is 0.816. The fraction of sp³-hybridized carbons (Fsp3) is 0.357. The molecule has 96 valence electrons. The van der Waals surface area contributed by atoms with Gasteiger partial charge in [0.1, 0.15) is 5.69 Å². The highest BCUT2D eigenvalue weighted by atomic mass is 16.2. The average molecular weight is 245 g/mol. The van der Waals surface area contributed by atoms with Gasteiger partial charge in [0.05, 0.1) is 0 Å². The second-order valence-electron chi connectivity index (χ2n) is 4.71. The molecule has 0 aliphatic heterocycles. The number of rotatable bonds is 3. The standard InChI is InChI=1S/C14H19N3O/c1-4-17(9(2)3)14(18)13-8-10-7-11(15)5-6-12(10)16-13/h5-9,16H,4,15H2,1-3H3. The zero-order chi connectivity index (χ0) is 13.3. The van der Waals surface area contributed by atoms with Crippen LogP contribution in [0, 0.1) is 0 Å². The molecule has 0 aliphatic rings. The number of carbonyl (C=O) groups excluding carboxylic acids is 1. The molecule has 1 heterocycles. The minimum Gasteiger partial charge on any atom is -0.399 e. The van der Waals surface area contributed by atoms with Gasteiger partial charge in [-0.15, -0.1) is 0 Å². The van der Waals surface area contributed by atoms with Crippen LogP contribution in [-0.4, -0.2) is 28.4 Å². The number of nitrogen functional groups attached to an aromatic ring is 1. The fourth-order valence-electron chi connectivity index (χ4n) is 2.16. The van der Waals surface area contributed by atoms with Crippen molar-refractivity contribution in [1.29, 1.82) is 0 Å². The Morgan fingerprint density at radius 2 is 2.11 bits per heavy atom. The van der Waals surface area contributed by atoms with Gasteiger partial charge in [-0.25, -0.2) is 0 Å². The molecule has 0 saturated heterocycles. The Morgan fingerprint density at radius 3 is 2.72 bits per heavy atom. The summed E-state index contributed by atoms with van der Waals surface area (Å²) in [6.45, 7) is 6.72. The van der Waals surface area contributed by atoms with Crippen molar-refractivity contribution in [2.45, 2.75) is 26.8 Å². The molecule has 0 saturated carbocycles. The van der Waals surface area contributed by atoms with Gasteiger partial charge in [-0.3, -0.25) is 4.79 Å². The van der Waals surface area contributed by atoms with E-state index in [1.54, 1.807) is 0 Å². The second-order valence-corrected chi connectivity index (χ2v) is 4.71. The Kier molecular flexibility index (Phi) is 3.28. The van der Waals surface area contributed by atoms with Crippen LogP contribution in [0.1, 0.15) is 31.3 Å².